The van der Waals surface area contributed by atoms with Crippen LogP contribution in [0.1, 0.15) is 11.1 Å². The lowest BCUT2D eigenvalue weighted by molar-refractivity contribution is 0.558. The molecule has 0 saturated heterocycles. The maximum absolute atomic E-state index is 13.9. The summed E-state index contributed by atoms with van der Waals surface area (Å²) >= 11 is 5.73. The number of halogens is 2. The number of benzene rings is 2. The summed E-state index contributed by atoms with van der Waals surface area (Å²) in [4.78, 5) is -0.555. The van der Waals surface area contributed by atoms with Gasteiger partial charge in [0.25, 0.3) is 0 Å². The molecule has 0 fully saturated rings. The fourth-order valence-corrected chi connectivity index (χ4v) is 3.30. The summed E-state index contributed by atoms with van der Waals surface area (Å²) in [6, 6.07) is 9.53. The first kappa shape index (κ1) is 15.8. The van der Waals surface area contributed by atoms with Gasteiger partial charge >= 0.3 is 0 Å². The summed E-state index contributed by atoms with van der Waals surface area (Å²) in [5.74, 6) is -1.00. The van der Waals surface area contributed by atoms with Crippen molar-refractivity contribution >= 4 is 27.3 Å². The topological polar surface area (TPSA) is 72.2 Å². The van der Waals surface area contributed by atoms with Gasteiger partial charge in [-0.1, -0.05) is 41.4 Å². The lowest BCUT2D eigenvalue weighted by Crippen LogP contribution is -2.24. The zero-order valence-corrected chi connectivity index (χ0v) is 12.8. The van der Waals surface area contributed by atoms with Crippen LogP contribution in [-0.2, 0) is 16.6 Å². The predicted molar refractivity (Wildman–Crippen MR) is 81.0 cm³/mol. The van der Waals surface area contributed by atoms with Crippen molar-refractivity contribution in [2.75, 3.05) is 5.73 Å². The molecule has 0 spiro atoms. The van der Waals surface area contributed by atoms with E-state index >= 15 is 0 Å². The third-order valence-corrected chi connectivity index (χ3v) is 4.49. The van der Waals surface area contributed by atoms with Gasteiger partial charge in [-0.15, -0.1) is 0 Å². The molecule has 0 aliphatic heterocycles. The molecule has 0 radical (unpaired) electrons. The van der Waals surface area contributed by atoms with Gasteiger partial charge in [-0.2, -0.15) is 0 Å². The molecule has 3 N–H and O–H groups in total. The lowest BCUT2D eigenvalue weighted by atomic mass is 10.1. The third kappa shape index (κ3) is 3.72. The van der Waals surface area contributed by atoms with Gasteiger partial charge in [0.2, 0.25) is 10.0 Å². The Morgan fingerprint density at radius 1 is 1.29 bits per heavy atom. The SMILES string of the molecule is Cc1cccc(CNS(=O)(=O)c2cc(Cl)cc(N)c2F)c1. The Balaban J connectivity index is 2.27. The highest BCUT2D eigenvalue weighted by Gasteiger charge is 2.21. The highest BCUT2D eigenvalue weighted by atomic mass is 35.5. The van der Waals surface area contributed by atoms with Crippen LogP contribution in [0.4, 0.5) is 10.1 Å². The van der Waals surface area contributed by atoms with E-state index in [1.54, 1.807) is 6.07 Å². The molecular weight excluding hydrogens is 315 g/mol. The molecule has 0 amide bonds. The van der Waals surface area contributed by atoms with Crippen molar-refractivity contribution in [1.82, 2.24) is 4.72 Å². The van der Waals surface area contributed by atoms with Gasteiger partial charge in [0.1, 0.15) is 4.90 Å². The number of aryl methyl sites for hydroxylation is 1. The first-order valence-electron chi connectivity index (χ1n) is 6.09. The van der Waals surface area contributed by atoms with Crippen LogP contribution in [0.5, 0.6) is 0 Å². The average molecular weight is 329 g/mol. The van der Waals surface area contributed by atoms with Crippen molar-refractivity contribution in [3.05, 3.63) is 58.4 Å². The second-order valence-corrected chi connectivity index (χ2v) is 6.79. The molecule has 0 atom stereocenters. The van der Waals surface area contributed by atoms with E-state index in [1.165, 1.54) is 0 Å². The summed E-state index contributed by atoms with van der Waals surface area (Å²) in [6.45, 7) is 1.95. The molecule has 0 aliphatic carbocycles. The highest BCUT2D eigenvalue weighted by molar-refractivity contribution is 7.89. The van der Waals surface area contributed by atoms with Gasteiger partial charge in [0.05, 0.1) is 5.69 Å². The van der Waals surface area contributed by atoms with Crippen molar-refractivity contribution in [1.29, 1.82) is 0 Å². The zero-order chi connectivity index (χ0) is 15.6. The molecule has 0 bridgehead atoms. The predicted octanol–water partition coefficient (Wildman–Crippen LogP) is 2.85. The van der Waals surface area contributed by atoms with Crippen molar-refractivity contribution in [2.45, 2.75) is 18.4 Å². The summed E-state index contributed by atoms with van der Waals surface area (Å²) in [5.41, 5.74) is 6.86. The molecular formula is C14H14ClFN2O2S. The smallest absolute Gasteiger partial charge is 0.243 e. The van der Waals surface area contributed by atoms with E-state index in [0.717, 1.165) is 23.3 Å². The largest absolute Gasteiger partial charge is 0.396 e. The van der Waals surface area contributed by atoms with Crippen molar-refractivity contribution in [2.24, 2.45) is 0 Å². The van der Waals surface area contributed by atoms with Gasteiger partial charge in [-0.3, -0.25) is 0 Å². The number of hydrogen-bond acceptors (Lipinski definition) is 3. The standard InChI is InChI=1S/C14H14ClFN2O2S/c1-9-3-2-4-10(5-9)8-18-21(19,20)13-7-11(15)6-12(17)14(13)16/h2-7,18H,8,17H2,1H3. The Hall–Kier alpha value is -1.63. The minimum Gasteiger partial charge on any atom is -0.396 e. The highest BCUT2D eigenvalue weighted by Crippen LogP contribution is 2.25. The van der Waals surface area contributed by atoms with Gasteiger partial charge in [-0.25, -0.2) is 17.5 Å². The number of hydrogen-bond donors (Lipinski definition) is 2. The van der Waals surface area contributed by atoms with Crippen LogP contribution in [0.25, 0.3) is 0 Å². The number of nitrogens with two attached hydrogens (primary N) is 1. The maximum Gasteiger partial charge on any atom is 0.243 e. The van der Waals surface area contributed by atoms with Crippen LogP contribution >= 0.6 is 11.6 Å². The minimum atomic E-state index is -4.04. The van der Waals surface area contributed by atoms with Gasteiger partial charge in [0.15, 0.2) is 5.82 Å². The Morgan fingerprint density at radius 3 is 2.67 bits per heavy atom. The molecule has 0 heterocycles. The van der Waals surface area contributed by atoms with E-state index < -0.39 is 20.7 Å². The van der Waals surface area contributed by atoms with Crippen LogP contribution in [0, 0.1) is 12.7 Å². The maximum atomic E-state index is 13.9. The first-order valence-corrected chi connectivity index (χ1v) is 7.95. The fraction of sp³-hybridized carbons (Fsp3) is 0.143. The summed E-state index contributed by atoms with van der Waals surface area (Å²) in [5, 5.41) is 0.0600. The molecule has 2 aromatic carbocycles. The number of anilines is 1. The Kier molecular flexibility index (Phi) is 4.51. The van der Waals surface area contributed by atoms with Crippen LogP contribution in [0.2, 0.25) is 5.02 Å². The van der Waals surface area contributed by atoms with Gasteiger partial charge in [-0.05, 0) is 24.6 Å². The lowest BCUT2D eigenvalue weighted by Gasteiger charge is -2.10. The van der Waals surface area contributed by atoms with Crippen molar-refractivity contribution in [3.8, 4) is 0 Å². The summed E-state index contributed by atoms with van der Waals surface area (Å²) in [6.07, 6.45) is 0. The van der Waals surface area contributed by atoms with E-state index in [1.807, 2.05) is 25.1 Å². The number of sulfonamides is 1. The Bertz CT molecular complexity index is 779. The number of nitrogen functional groups attached to an aromatic ring is 1. The molecule has 0 aromatic heterocycles. The monoisotopic (exact) mass is 328 g/mol. The average Bonchev–Trinajstić information content (AvgIpc) is 2.41. The van der Waals surface area contributed by atoms with Crippen molar-refractivity contribution in [3.63, 3.8) is 0 Å². The summed E-state index contributed by atoms with van der Waals surface area (Å²) < 4.78 is 40.5. The van der Waals surface area contributed by atoms with E-state index in [0.29, 0.717) is 0 Å². The molecule has 2 rings (SSSR count). The van der Waals surface area contributed by atoms with E-state index in [-0.39, 0.29) is 17.3 Å². The Morgan fingerprint density at radius 2 is 2.00 bits per heavy atom. The second-order valence-electron chi connectivity index (χ2n) is 4.62. The number of nitrogens with one attached hydrogen (secondary N) is 1. The van der Waals surface area contributed by atoms with Crippen LogP contribution in [0.15, 0.2) is 41.3 Å². The van der Waals surface area contributed by atoms with E-state index in [9.17, 15) is 12.8 Å². The summed E-state index contributed by atoms with van der Waals surface area (Å²) in [7, 11) is -4.04. The van der Waals surface area contributed by atoms with Gasteiger partial charge in [0, 0.05) is 11.6 Å². The van der Waals surface area contributed by atoms with Crippen LogP contribution in [-0.4, -0.2) is 8.42 Å². The quantitative estimate of drug-likeness (QED) is 0.848. The zero-order valence-electron chi connectivity index (χ0n) is 11.2. The van der Waals surface area contributed by atoms with E-state index in [2.05, 4.69) is 4.72 Å². The van der Waals surface area contributed by atoms with Crippen LogP contribution in [0.3, 0.4) is 0 Å². The molecule has 21 heavy (non-hydrogen) atoms. The minimum absolute atomic E-state index is 0.0515. The first-order chi connectivity index (χ1) is 9.79. The Labute approximate surface area is 127 Å². The molecule has 112 valence electrons. The molecule has 2 aromatic rings. The molecule has 4 nitrogen and oxygen atoms in total. The second kappa shape index (κ2) is 6.01. The fourth-order valence-electron chi connectivity index (χ4n) is 1.86. The molecule has 7 heteroatoms. The number of rotatable bonds is 4. The molecule has 0 saturated carbocycles. The van der Waals surface area contributed by atoms with Crippen LogP contribution < -0.4 is 10.5 Å². The molecule has 0 unspecified atom stereocenters. The normalized spacial score (nSPS) is 11.6. The van der Waals surface area contributed by atoms with Crippen molar-refractivity contribution < 1.29 is 12.8 Å². The van der Waals surface area contributed by atoms with Gasteiger partial charge < -0.3 is 5.73 Å². The third-order valence-electron chi connectivity index (χ3n) is 2.87. The molecule has 0 aliphatic rings. The van der Waals surface area contributed by atoms with E-state index in [4.69, 9.17) is 17.3 Å².